The summed E-state index contributed by atoms with van der Waals surface area (Å²) < 4.78 is 4.86. The zero-order valence-electron chi connectivity index (χ0n) is 24.1. The van der Waals surface area contributed by atoms with Crippen molar-refractivity contribution in [2.24, 2.45) is 4.99 Å². The number of allylic oxidation sites excluding steroid dienone is 2. The molecule has 8 aromatic rings. The maximum atomic E-state index is 14.1. The van der Waals surface area contributed by atoms with E-state index in [9.17, 15) is 9.59 Å². The molecule has 1 aliphatic carbocycles. The second kappa shape index (κ2) is 9.60. The van der Waals surface area contributed by atoms with Crippen molar-refractivity contribution >= 4 is 68.7 Å². The molecule has 46 heavy (non-hydrogen) atoms. The zero-order valence-corrected chi connectivity index (χ0v) is 27.1. The molecule has 0 N–H and O–H groups in total. The first kappa shape index (κ1) is 26.4. The van der Waals surface area contributed by atoms with E-state index in [1.807, 2.05) is 46.4 Å². The molecule has 1 aliphatic heterocycles. The van der Waals surface area contributed by atoms with E-state index in [1.54, 1.807) is 13.3 Å². The number of pyridine rings is 2. The van der Waals surface area contributed by atoms with Gasteiger partial charge in [0.2, 0.25) is 0 Å². The predicted molar refractivity (Wildman–Crippen MR) is 184 cm³/mol. The monoisotopic (exact) mass is 725 g/mol. The molecule has 5 aromatic carbocycles. The molecule has 2 aliphatic rings. The van der Waals surface area contributed by atoms with Gasteiger partial charge in [0, 0.05) is 10.8 Å². The normalized spacial score (nSPS) is 17.2. The summed E-state index contributed by atoms with van der Waals surface area (Å²) in [7, 11) is 1.75. The Kier molecular flexibility index (Phi) is 5.52. The van der Waals surface area contributed by atoms with Crippen LogP contribution >= 0.6 is 8.93 Å². The molecular weight excluding hydrogens is 703 g/mol. The second-order valence-electron chi connectivity index (χ2n) is 11.7. The summed E-state index contributed by atoms with van der Waals surface area (Å²) in [5, 5.41) is 8.98. The Morgan fingerprint density at radius 2 is 1.46 bits per heavy atom. The van der Waals surface area contributed by atoms with Crippen LogP contribution in [0.2, 0.25) is 0 Å². The SMILES string of the molecule is C=CS[I-]c1ccc2c(c1)nc1c3ccc(-c4ccc5c(=O)n6c(c7cccc4c57)=NC4C=CC=CC46)c4cccc(c(=O)n21)c43. The minimum absolute atomic E-state index is 0.0174. The molecule has 10 rings (SSSR count). The Morgan fingerprint density at radius 3 is 2.26 bits per heavy atom. The van der Waals surface area contributed by atoms with Crippen LogP contribution in [-0.2, 0) is 0 Å². The van der Waals surface area contributed by atoms with Crippen molar-refractivity contribution in [1.82, 2.24) is 14.0 Å². The molecule has 0 spiro atoms. The van der Waals surface area contributed by atoms with Crippen LogP contribution in [0, 0.1) is 3.57 Å². The van der Waals surface area contributed by atoms with Gasteiger partial charge in [-0.2, -0.15) is 0 Å². The zero-order chi connectivity index (χ0) is 30.7. The third-order valence-corrected chi connectivity index (χ3v) is 13.9. The number of fused-ring (bicyclic) bond motifs is 8. The molecule has 4 heterocycles. The van der Waals surface area contributed by atoms with E-state index < -0.39 is 0 Å². The number of benzene rings is 5. The Labute approximate surface area is 274 Å². The summed E-state index contributed by atoms with van der Waals surface area (Å²) in [6.07, 6.45) is 8.11. The molecule has 2 unspecified atom stereocenters. The number of imidazole rings is 1. The summed E-state index contributed by atoms with van der Waals surface area (Å²) in [6, 6.07) is 26.5. The number of rotatable bonds is 4. The van der Waals surface area contributed by atoms with Gasteiger partial charge in [0.25, 0.3) is 5.56 Å². The molecule has 2 atom stereocenters. The van der Waals surface area contributed by atoms with Gasteiger partial charge in [-0.05, 0) is 0 Å². The Morgan fingerprint density at radius 1 is 0.761 bits per heavy atom. The fraction of sp³-hybridized carbons (Fsp3) is 0.0526. The van der Waals surface area contributed by atoms with Gasteiger partial charge in [-0.1, -0.05) is 36.4 Å². The number of halogens is 1. The number of hydrogen-bond acceptors (Lipinski definition) is 5. The first-order chi connectivity index (χ1) is 22.6. The standard InChI is InChI=1S/C38H22IN4O2S/c1-2-46-39-20-13-18-32-30(19-20)41-36-26-16-14-21(24-8-6-10-27(34(24)26)37(44)43(32)36)22-15-17-28-33-23(22)7-5-9-25(33)35-40-29-11-3-4-12-31(29)42(35)38(28)45/h2-19,29,31H,1H2/q-1. The van der Waals surface area contributed by atoms with Crippen LogP contribution < -0.4 is 36.4 Å². The van der Waals surface area contributed by atoms with Gasteiger partial charge < -0.3 is 0 Å². The topological polar surface area (TPSA) is 68.7 Å². The van der Waals surface area contributed by atoms with Crippen molar-refractivity contribution in [2.45, 2.75) is 12.1 Å². The van der Waals surface area contributed by atoms with Crippen molar-refractivity contribution < 1.29 is 19.8 Å². The van der Waals surface area contributed by atoms with Gasteiger partial charge in [-0.25, -0.2) is 0 Å². The molecule has 8 heteroatoms. The van der Waals surface area contributed by atoms with Crippen molar-refractivity contribution in [2.75, 3.05) is 0 Å². The van der Waals surface area contributed by atoms with E-state index in [4.69, 9.17) is 9.98 Å². The summed E-state index contributed by atoms with van der Waals surface area (Å²) in [5.41, 5.74) is 5.01. The van der Waals surface area contributed by atoms with Crippen molar-refractivity contribution in [3.63, 3.8) is 0 Å². The fourth-order valence-corrected chi connectivity index (χ4v) is 10.5. The van der Waals surface area contributed by atoms with Gasteiger partial charge in [-0.3, -0.25) is 14.4 Å². The van der Waals surface area contributed by atoms with E-state index in [2.05, 4.69) is 73.3 Å². The summed E-state index contributed by atoms with van der Waals surface area (Å²) >= 11 is -0.266. The molecule has 0 bridgehead atoms. The van der Waals surface area contributed by atoms with Crippen LogP contribution in [0.15, 0.2) is 130 Å². The Hall–Kier alpha value is -4.80. The molecule has 3 aromatic heterocycles. The van der Waals surface area contributed by atoms with Crippen LogP contribution in [0.25, 0.3) is 70.9 Å². The Balaban J connectivity index is 1.26. The van der Waals surface area contributed by atoms with E-state index in [0.717, 1.165) is 60.0 Å². The van der Waals surface area contributed by atoms with Crippen LogP contribution in [0.4, 0.5) is 0 Å². The van der Waals surface area contributed by atoms with Gasteiger partial charge in [0.05, 0.1) is 12.1 Å². The van der Waals surface area contributed by atoms with Crippen molar-refractivity contribution in [1.29, 1.82) is 0 Å². The van der Waals surface area contributed by atoms with Crippen LogP contribution in [0.5, 0.6) is 0 Å². The predicted octanol–water partition coefficient (Wildman–Crippen LogP) is 4.17. The average molecular weight is 726 g/mol. The van der Waals surface area contributed by atoms with Crippen molar-refractivity contribution in [3.05, 3.63) is 145 Å². The Bertz CT molecular complexity index is 2900. The summed E-state index contributed by atoms with van der Waals surface area (Å²) in [6.45, 7) is 3.84. The molecule has 0 saturated heterocycles. The quantitative estimate of drug-likeness (QED) is 0.256. The molecule has 220 valence electrons. The number of hydrogen-bond donors (Lipinski definition) is 0. The maximum absolute atomic E-state index is 14.1. The van der Waals surface area contributed by atoms with E-state index in [1.165, 1.54) is 3.57 Å². The second-order valence-corrected chi connectivity index (χ2v) is 16.5. The van der Waals surface area contributed by atoms with Gasteiger partial charge in [0.1, 0.15) is 5.49 Å². The summed E-state index contributed by atoms with van der Waals surface area (Å²) in [4.78, 5) is 38.1. The molecule has 0 saturated carbocycles. The van der Waals surface area contributed by atoms with E-state index >= 15 is 0 Å². The molecule has 0 amide bonds. The molecule has 6 nitrogen and oxygen atoms in total. The molecule has 0 radical (unpaired) electrons. The third-order valence-electron chi connectivity index (χ3n) is 9.42. The van der Waals surface area contributed by atoms with Gasteiger partial charge in [0.15, 0.2) is 0 Å². The number of aromatic nitrogens is 3. The first-order valence-electron chi connectivity index (χ1n) is 15.0. The van der Waals surface area contributed by atoms with E-state index in [-0.39, 0.29) is 43.0 Å². The van der Waals surface area contributed by atoms with Gasteiger partial charge in [-0.15, -0.1) is 0 Å². The van der Waals surface area contributed by atoms with Crippen LogP contribution in [0.1, 0.15) is 6.04 Å². The van der Waals surface area contributed by atoms with Crippen molar-refractivity contribution in [3.8, 4) is 11.1 Å². The van der Waals surface area contributed by atoms with Gasteiger partial charge >= 0.3 is 191 Å². The van der Waals surface area contributed by atoms with E-state index in [0.29, 0.717) is 16.4 Å². The minimum atomic E-state index is -0.266. The fourth-order valence-electron chi connectivity index (χ4n) is 7.55. The third kappa shape index (κ3) is 3.43. The molecular formula is C38H22IN4O2S-. The summed E-state index contributed by atoms with van der Waals surface area (Å²) in [5.74, 6) is 0. The first-order valence-corrected chi connectivity index (χ1v) is 19.5. The molecule has 0 fully saturated rings. The van der Waals surface area contributed by atoms with Crippen LogP contribution in [-0.4, -0.2) is 20.0 Å². The number of nitrogens with zero attached hydrogens (tertiary/aromatic N) is 4. The average Bonchev–Trinajstić information content (AvgIpc) is 3.68. The van der Waals surface area contributed by atoms with Crippen LogP contribution in [0.3, 0.4) is 0 Å².